The minimum atomic E-state index is 0.729. The Hall–Kier alpha value is -2.01. The number of piperidine rings is 1. The third kappa shape index (κ3) is 2.61. The standard InChI is InChI=1S/C20H22N4S/c1-13-5-4-10-24(12-13)19-17-15-7-2-8-16(15)25-20(17)23-18(22-19)14-6-3-9-21-11-14/h3,6,9,11,13H,2,4-5,7-8,10,12H2,1H3/t13-/m0/s1. The third-order valence-corrected chi connectivity index (χ3v) is 6.61. The highest BCUT2D eigenvalue weighted by atomic mass is 32.1. The molecule has 128 valence electrons. The minimum absolute atomic E-state index is 0.729. The van der Waals surface area contributed by atoms with Crippen LogP contribution in [0.15, 0.2) is 24.5 Å². The van der Waals surface area contributed by atoms with Gasteiger partial charge in [0.05, 0.1) is 5.39 Å². The van der Waals surface area contributed by atoms with Crippen LogP contribution in [0.25, 0.3) is 21.6 Å². The molecular weight excluding hydrogens is 328 g/mol. The summed E-state index contributed by atoms with van der Waals surface area (Å²) in [6.45, 7) is 4.56. The number of nitrogens with zero attached hydrogens (tertiary/aromatic N) is 4. The average Bonchev–Trinajstić information content (AvgIpc) is 3.22. The van der Waals surface area contributed by atoms with Crippen LogP contribution in [0.1, 0.15) is 36.6 Å². The van der Waals surface area contributed by atoms with E-state index in [1.54, 1.807) is 6.20 Å². The highest BCUT2D eigenvalue weighted by molar-refractivity contribution is 7.19. The molecule has 3 aromatic heterocycles. The maximum Gasteiger partial charge on any atom is 0.164 e. The molecule has 4 nitrogen and oxygen atoms in total. The summed E-state index contributed by atoms with van der Waals surface area (Å²) in [4.78, 5) is 19.4. The van der Waals surface area contributed by atoms with Crippen LogP contribution in [-0.2, 0) is 12.8 Å². The van der Waals surface area contributed by atoms with Gasteiger partial charge in [0.25, 0.3) is 0 Å². The van der Waals surface area contributed by atoms with Crippen LogP contribution in [0.3, 0.4) is 0 Å². The van der Waals surface area contributed by atoms with Crippen LogP contribution in [0.5, 0.6) is 0 Å². The minimum Gasteiger partial charge on any atom is -0.356 e. The van der Waals surface area contributed by atoms with Crippen molar-refractivity contribution >= 4 is 27.4 Å². The Morgan fingerprint density at radius 3 is 3.00 bits per heavy atom. The second kappa shape index (κ2) is 6.06. The van der Waals surface area contributed by atoms with Crippen LogP contribution in [0.2, 0.25) is 0 Å². The molecule has 0 amide bonds. The van der Waals surface area contributed by atoms with Crippen molar-refractivity contribution in [3.63, 3.8) is 0 Å². The van der Waals surface area contributed by atoms with Gasteiger partial charge in [0.1, 0.15) is 10.6 Å². The zero-order chi connectivity index (χ0) is 16.8. The highest BCUT2D eigenvalue weighted by Crippen LogP contribution is 2.42. The molecule has 0 radical (unpaired) electrons. The van der Waals surface area contributed by atoms with E-state index in [1.807, 2.05) is 23.6 Å². The number of rotatable bonds is 2. The Kier molecular flexibility index (Phi) is 3.70. The van der Waals surface area contributed by atoms with Gasteiger partial charge in [0.15, 0.2) is 5.82 Å². The van der Waals surface area contributed by atoms with Gasteiger partial charge in [-0.25, -0.2) is 9.97 Å². The van der Waals surface area contributed by atoms with Crippen molar-refractivity contribution in [3.05, 3.63) is 35.0 Å². The SMILES string of the molecule is C[C@H]1CCCN(c2nc(-c3cccnc3)nc3sc4c(c23)CCC4)C1. The van der Waals surface area contributed by atoms with Crippen molar-refractivity contribution in [3.8, 4) is 11.4 Å². The van der Waals surface area contributed by atoms with Crippen LogP contribution in [0, 0.1) is 5.92 Å². The smallest absolute Gasteiger partial charge is 0.164 e. The number of fused-ring (bicyclic) bond motifs is 3. The Morgan fingerprint density at radius 2 is 2.16 bits per heavy atom. The molecule has 2 aliphatic rings. The lowest BCUT2D eigenvalue weighted by atomic mass is 10.00. The third-order valence-electron chi connectivity index (χ3n) is 5.42. The van der Waals surface area contributed by atoms with E-state index in [-0.39, 0.29) is 0 Å². The van der Waals surface area contributed by atoms with Gasteiger partial charge in [-0.05, 0) is 55.7 Å². The van der Waals surface area contributed by atoms with E-state index in [2.05, 4.69) is 22.9 Å². The summed E-state index contributed by atoms with van der Waals surface area (Å²) in [7, 11) is 0. The molecule has 1 saturated heterocycles. The van der Waals surface area contributed by atoms with Gasteiger partial charge in [-0.15, -0.1) is 11.3 Å². The predicted octanol–water partition coefficient (Wildman–Crippen LogP) is 4.48. The molecule has 1 atom stereocenters. The molecule has 1 fully saturated rings. The average molecular weight is 350 g/mol. The Morgan fingerprint density at radius 1 is 1.20 bits per heavy atom. The lowest BCUT2D eigenvalue weighted by molar-refractivity contribution is 0.445. The maximum atomic E-state index is 5.06. The molecule has 5 rings (SSSR count). The molecule has 3 aromatic rings. The fourth-order valence-corrected chi connectivity index (χ4v) is 5.47. The lowest BCUT2D eigenvalue weighted by Gasteiger charge is -2.32. The van der Waals surface area contributed by atoms with Crippen molar-refractivity contribution in [2.75, 3.05) is 18.0 Å². The van der Waals surface area contributed by atoms with E-state index in [9.17, 15) is 0 Å². The van der Waals surface area contributed by atoms with E-state index in [0.717, 1.165) is 41.0 Å². The first-order valence-corrected chi connectivity index (χ1v) is 10.1. The van der Waals surface area contributed by atoms with E-state index in [1.165, 1.54) is 47.9 Å². The molecule has 1 aliphatic heterocycles. The second-order valence-corrected chi connectivity index (χ2v) is 8.43. The van der Waals surface area contributed by atoms with Gasteiger partial charge >= 0.3 is 0 Å². The first kappa shape index (κ1) is 15.3. The molecule has 0 N–H and O–H groups in total. The first-order valence-electron chi connectivity index (χ1n) is 9.27. The highest BCUT2D eigenvalue weighted by Gasteiger charge is 2.27. The summed E-state index contributed by atoms with van der Waals surface area (Å²) >= 11 is 1.88. The van der Waals surface area contributed by atoms with Gasteiger partial charge in [-0.1, -0.05) is 6.92 Å². The molecule has 1 aliphatic carbocycles. The summed E-state index contributed by atoms with van der Waals surface area (Å²) in [6, 6.07) is 4.01. The van der Waals surface area contributed by atoms with Gasteiger partial charge < -0.3 is 4.90 Å². The van der Waals surface area contributed by atoms with Gasteiger partial charge in [0, 0.05) is 35.9 Å². The normalized spacial score (nSPS) is 20.2. The fraction of sp³-hybridized carbons (Fsp3) is 0.450. The maximum absolute atomic E-state index is 5.06. The fourth-order valence-electron chi connectivity index (χ4n) is 4.21. The number of hydrogen-bond donors (Lipinski definition) is 0. The topological polar surface area (TPSA) is 41.9 Å². The molecule has 25 heavy (non-hydrogen) atoms. The molecule has 0 bridgehead atoms. The molecular formula is C20H22N4S. The van der Waals surface area contributed by atoms with Gasteiger partial charge in [0.2, 0.25) is 0 Å². The first-order chi connectivity index (χ1) is 12.3. The summed E-state index contributed by atoms with van der Waals surface area (Å²) in [6.07, 6.45) is 9.90. The van der Waals surface area contributed by atoms with Crippen LogP contribution >= 0.6 is 11.3 Å². The van der Waals surface area contributed by atoms with Crippen molar-refractivity contribution in [1.29, 1.82) is 0 Å². The zero-order valence-electron chi connectivity index (χ0n) is 14.5. The van der Waals surface area contributed by atoms with E-state index >= 15 is 0 Å². The summed E-state index contributed by atoms with van der Waals surface area (Å²) < 4.78 is 0. The van der Waals surface area contributed by atoms with E-state index in [0.29, 0.717) is 0 Å². The monoisotopic (exact) mass is 350 g/mol. The van der Waals surface area contributed by atoms with Crippen LogP contribution in [-0.4, -0.2) is 28.0 Å². The number of aryl methyl sites for hydroxylation is 2. The molecule has 4 heterocycles. The summed E-state index contributed by atoms with van der Waals surface area (Å²) in [5, 5.41) is 1.33. The predicted molar refractivity (Wildman–Crippen MR) is 103 cm³/mol. The zero-order valence-corrected chi connectivity index (χ0v) is 15.4. The quantitative estimate of drug-likeness (QED) is 0.683. The summed E-state index contributed by atoms with van der Waals surface area (Å²) in [5.74, 6) is 2.70. The van der Waals surface area contributed by atoms with Crippen molar-refractivity contribution in [1.82, 2.24) is 15.0 Å². The number of thiophene rings is 1. The molecule has 0 saturated carbocycles. The van der Waals surface area contributed by atoms with Gasteiger partial charge in [-0.3, -0.25) is 4.98 Å². The molecule has 0 aromatic carbocycles. The Bertz CT molecular complexity index is 918. The summed E-state index contributed by atoms with van der Waals surface area (Å²) in [5.41, 5.74) is 2.52. The van der Waals surface area contributed by atoms with Crippen LogP contribution in [0.4, 0.5) is 5.82 Å². The molecule has 0 unspecified atom stereocenters. The lowest BCUT2D eigenvalue weighted by Crippen LogP contribution is -2.35. The Balaban J connectivity index is 1.72. The number of aromatic nitrogens is 3. The number of anilines is 1. The number of pyridine rings is 1. The molecule has 5 heteroatoms. The van der Waals surface area contributed by atoms with Crippen molar-refractivity contribution in [2.45, 2.75) is 39.0 Å². The van der Waals surface area contributed by atoms with Gasteiger partial charge in [-0.2, -0.15) is 0 Å². The van der Waals surface area contributed by atoms with E-state index in [4.69, 9.17) is 9.97 Å². The largest absolute Gasteiger partial charge is 0.356 e. The second-order valence-electron chi connectivity index (χ2n) is 7.34. The van der Waals surface area contributed by atoms with Crippen molar-refractivity contribution in [2.24, 2.45) is 5.92 Å². The van der Waals surface area contributed by atoms with Crippen LogP contribution < -0.4 is 4.90 Å². The van der Waals surface area contributed by atoms with E-state index < -0.39 is 0 Å². The number of hydrogen-bond acceptors (Lipinski definition) is 5. The van der Waals surface area contributed by atoms with Crippen molar-refractivity contribution < 1.29 is 0 Å². The molecule has 0 spiro atoms. The Labute approximate surface area is 152 Å².